The van der Waals surface area contributed by atoms with Crippen LogP contribution in [0.3, 0.4) is 0 Å². The lowest BCUT2D eigenvalue weighted by Crippen LogP contribution is -2.28. The van der Waals surface area contributed by atoms with Gasteiger partial charge in [-0.05, 0) is 12.8 Å². The van der Waals surface area contributed by atoms with Crippen LogP contribution < -0.4 is 0 Å². The Balaban J connectivity index is 3.78. The molecule has 0 fully saturated rings. The normalized spacial score (nSPS) is 13.9. The monoisotopic (exact) mass is 737 g/mol. The summed E-state index contributed by atoms with van der Waals surface area (Å²) in [5.74, 6) is -1.02. The molecule has 0 aromatic rings. The first-order valence-corrected chi connectivity index (χ1v) is 22.0. The van der Waals surface area contributed by atoms with E-state index in [0.717, 1.165) is 44.9 Å². The van der Waals surface area contributed by atoms with Crippen molar-refractivity contribution in [2.24, 2.45) is 0 Å². The Labute approximate surface area is 305 Å². The van der Waals surface area contributed by atoms with E-state index in [9.17, 15) is 29.3 Å². The van der Waals surface area contributed by atoms with Gasteiger partial charge in [0.15, 0.2) is 0 Å². The van der Waals surface area contributed by atoms with Gasteiger partial charge in [-0.3, -0.25) is 18.6 Å². The van der Waals surface area contributed by atoms with Gasteiger partial charge < -0.3 is 24.6 Å². The molecule has 0 aliphatic rings. The maximum atomic E-state index is 12.3. The van der Waals surface area contributed by atoms with Gasteiger partial charge in [-0.25, -0.2) is 4.57 Å². The number of unbranched alkanes of at least 4 members (excludes halogenated alkanes) is 25. The predicted octanol–water partition coefficient (Wildman–Crippen LogP) is 10.3. The second-order valence-electron chi connectivity index (χ2n) is 14.0. The Morgan fingerprint density at radius 1 is 0.460 bits per heavy atom. The molecule has 298 valence electrons. The molecule has 0 heterocycles. The van der Waals surface area contributed by atoms with Crippen LogP contribution in [0.1, 0.15) is 200 Å². The Kier molecular flexibility index (Phi) is 35.6. The predicted molar refractivity (Wildman–Crippen MR) is 201 cm³/mol. The molecule has 3 N–H and O–H groups in total. The molecule has 0 saturated carbocycles. The molecule has 3 atom stereocenters. The third-order valence-electron chi connectivity index (χ3n) is 9.07. The number of rotatable bonds is 39. The Morgan fingerprint density at radius 2 is 0.700 bits per heavy atom. The van der Waals surface area contributed by atoms with Gasteiger partial charge in [0.25, 0.3) is 0 Å². The number of hydrogen-bond acceptors (Lipinski definition) is 9. The van der Waals surface area contributed by atoms with Gasteiger partial charge in [-0.2, -0.15) is 0 Å². The summed E-state index contributed by atoms with van der Waals surface area (Å²) in [6, 6.07) is 0. The molecule has 0 aromatic heterocycles. The van der Waals surface area contributed by atoms with Crippen molar-refractivity contribution < 1.29 is 47.8 Å². The van der Waals surface area contributed by atoms with Gasteiger partial charge in [0.05, 0.1) is 26.4 Å². The zero-order valence-corrected chi connectivity index (χ0v) is 33.0. The van der Waals surface area contributed by atoms with Crippen molar-refractivity contribution in [1.82, 2.24) is 0 Å². The Hall–Kier alpha value is -1.03. The van der Waals surface area contributed by atoms with E-state index < -0.39 is 58.4 Å². The number of phosphoric ester groups is 1. The highest BCUT2D eigenvalue weighted by atomic mass is 31.2. The van der Waals surface area contributed by atoms with E-state index in [1.54, 1.807) is 0 Å². The zero-order chi connectivity index (χ0) is 37.0. The minimum absolute atomic E-state index is 0.193. The van der Waals surface area contributed by atoms with Crippen molar-refractivity contribution in [2.75, 3.05) is 26.4 Å². The summed E-state index contributed by atoms with van der Waals surface area (Å²) >= 11 is 0. The number of carbonyl (C=O) groups excluding carboxylic acids is 2. The molecule has 0 bridgehead atoms. The zero-order valence-electron chi connectivity index (χ0n) is 32.1. The van der Waals surface area contributed by atoms with Crippen molar-refractivity contribution in [3.63, 3.8) is 0 Å². The highest BCUT2D eigenvalue weighted by Gasteiger charge is 2.27. The second-order valence-corrected chi connectivity index (χ2v) is 15.4. The number of aliphatic hydroxyl groups excluding tert-OH is 2. The second kappa shape index (κ2) is 36.3. The molecule has 0 spiro atoms. The molecule has 0 aromatic carbocycles. The number of hydrogen-bond donors (Lipinski definition) is 3. The molecular weight excluding hydrogens is 659 g/mol. The van der Waals surface area contributed by atoms with Crippen LogP contribution in [-0.2, 0) is 32.7 Å². The lowest BCUT2D eigenvalue weighted by Gasteiger charge is -2.20. The quantitative estimate of drug-likeness (QED) is 0.0316. The van der Waals surface area contributed by atoms with Crippen molar-refractivity contribution in [2.45, 2.75) is 212 Å². The molecule has 11 heteroatoms. The lowest BCUT2D eigenvalue weighted by molar-refractivity contribution is -0.153. The van der Waals surface area contributed by atoms with E-state index in [4.69, 9.17) is 18.5 Å². The van der Waals surface area contributed by atoms with Crippen LogP contribution in [0.4, 0.5) is 0 Å². The maximum Gasteiger partial charge on any atom is 0.472 e. The van der Waals surface area contributed by atoms with E-state index in [-0.39, 0.29) is 12.8 Å². The van der Waals surface area contributed by atoms with Crippen LogP contribution in [0.2, 0.25) is 0 Å². The van der Waals surface area contributed by atoms with Crippen LogP contribution >= 0.6 is 7.82 Å². The van der Waals surface area contributed by atoms with E-state index in [0.29, 0.717) is 12.8 Å². The maximum absolute atomic E-state index is 12.3. The number of carbonyl (C=O) groups is 2. The van der Waals surface area contributed by atoms with E-state index in [1.807, 2.05) is 0 Å². The molecule has 0 radical (unpaired) electrons. The largest absolute Gasteiger partial charge is 0.472 e. The average Bonchev–Trinajstić information content (AvgIpc) is 3.10. The minimum Gasteiger partial charge on any atom is -0.457 e. The highest BCUT2D eigenvalue weighted by Crippen LogP contribution is 2.43. The summed E-state index contributed by atoms with van der Waals surface area (Å²) in [4.78, 5) is 34.2. The van der Waals surface area contributed by atoms with E-state index in [2.05, 4.69) is 13.8 Å². The lowest BCUT2D eigenvalue weighted by atomic mass is 10.0. The number of phosphoric acid groups is 1. The third kappa shape index (κ3) is 34.1. The van der Waals surface area contributed by atoms with Crippen LogP contribution in [0.15, 0.2) is 0 Å². The summed E-state index contributed by atoms with van der Waals surface area (Å²) in [5.41, 5.74) is 0. The molecule has 0 amide bonds. The molecule has 3 unspecified atom stereocenters. The SMILES string of the molecule is CCCCCCCCCCCCCCCCCCCCCCCC(=O)OC(CO)COP(=O)(O)OCC(CO)OC(=O)CCCCCCCC. The fourth-order valence-electron chi connectivity index (χ4n) is 5.88. The molecule has 0 aliphatic carbocycles. The smallest absolute Gasteiger partial charge is 0.457 e. The Bertz CT molecular complexity index is 812. The summed E-state index contributed by atoms with van der Waals surface area (Å²) in [6.45, 7) is 2.15. The van der Waals surface area contributed by atoms with Gasteiger partial charge >= 0.3 is 19.8 Å². The summed E-state index contributed by atoms with van der Waals surface area (Å²) < 4.78 is 32.3. The molecule has 0 saturated heterocycles. The van der Waals surface area contributed by atoms with Gasteiger partial charge in [-0.1, -0.05) is 174 Å². The number of aliphatic hydroxyl groups is 2. The fourth-order valence-corrected chi connectivity index (χ4v) is 6.66. The summed E-state index contributed by atoms with van der Waals surface area (Å²) in [6.07, 6.45) is 31.3. The van der Waals surface area contributed by atoms with Gasteiger partial charge in [0.2, 0.25) is 0 Å². The van der Waals surface area contributed by atoms with Crippen molar-refractivity contribution >= 4 is 19.8 Å². The van der Waals surface area contributed by atoms with E-state index >= 15 is 0 Å². The van der Waals surface area contributed by atoms with Gasteiger partial charge in [0, 0.05) is 12.8 Å². The van der Waals surface area contributed by atoms with Crippen LogP contribution in [0.25, 0.3) is 0 Å². The third-order valence-corrected chi connectivity index (χ3v) is 10.0. The van der Waals surface area contributed by atoms with Crippen molar-refractivity contribution in [1.29, 1.82) is 0 Å². The Morgan fingerprint density at radius 3 is 0.940 bits per heavy atom. The summed E-state index contributed by atoms with van der Waals surface area (Å²) in [5, 5.41) is 19.0. The standard InChI is InChI=1S/C39H77O10P/c1-3-5-7-9-11-12-13-14-15-16-17-18-19-20-21-22-23-24-25-27-29-31-39(43)49-37(33-41)35-47-50(44,45)46-34-36(32-40)48-38(42)30-28-26-10-8-6-4-2/h36-37,40-41H,3-35H2,1-2H3,(H,44,45). The van der Waals surface area contributed by atoms with E-state index in [1.165, 1.54) is 116 Å². The van der Waals surface area contributed by atoms with Crippen molar-refractivity contribution in [3.05, 3.63) is 0 Å². The van der Waals surface area contributed by atoms with Gasteiger partial charge in [0.1, 0.15) is 12.2 Å². The first-order chi connectivity index (χ1) is 24.3. The van der Waals surface area contributed by atoms with Gasteiger partial charge in [-0.15, -0.1) is 0 Å². The highest BCUT2D eigenvalue weighted by molar-refractivity contribution is 7.47. The average molecular weight is 737 g/mol. The number of ether oxygens (including phenoxy) is 2. The summed E-state index contributed by atoms with van der Waals surface area (Å²) in [7, 11) is -4.61. The number of esters is 2. The topological polar surface area (TPSA) is 149 Å². The molecular formula is C39H77O10P. The first-order valence-electron chi connectivity index (χ1n) is 20.5. The van der Waals surface area contributed by atoms with Crippen molar-refractivity contribution in [3.8, 4) is 0 Å². The van der Waals surface area contributed by atoms with Crippen LogP contribution in [-0.4, -0.2) is 65.7 Å². The molecule has 0 aliphatic heterocycles. The minimum atomic E-state index is -4.61. The first kappa shape index (κ1) is 49.0. The molecule has 10 nitrogen and oxygen atoms in total. The molecule has 0 rings (SSSR count). The van der Waals surface area contributed by atoms with Crippen LogP contribution in [0, 0.1) is 0 Å². The fraction of sp³-hybridized carbons (Fsp3) is 0.949. The molecule has 50 heavy (non-hydrogen) atoms. The van der Waals surface area contributed by atoms with Crippen LogP contribution in [0.5, 0.6) is 0 Å².